The van der Waals surface area contributed by atoms with Crippen LogP contribution >= 0.6 is 0 Å². The van der Waals surface area contributed by atoms with E-state index in [2.05, 4.69) is 12.2 Å². The van der Waals surface area contributed by atoms with Gasteiger partial charge in [-0.15, -0.1) is 0 Å². The lowest BCUT2D eigenvalue weighted by Gasteiger charge is -2.17. The van der Waals surface area contributed by atoms with E-state index in [0.717, 1.165) is 19.1 Å². The first-order chi connectivity index (χ1) is 8.90. The smallest absolute Gasteiger partial charge is 0.177 e. The first-order valence-corrected chi connectivity index (χ1v) is 8.22. The molecule has 4 N–H and O–H groups in total. The predicted octanol–water partition coefficient (Wildman–Crippen LogP) is 1.49. The summed E-state index contributed by atoms with van der Waals surface area (Å²) < 4.78 is 23.1. The van der Waals surface area contributed by atoms with Crippen molar-refractivity contribution in [2.75, 3.05) is 30.5 Å². The zero-order valence-corrected chi connectivity index (χ0v) is 12.2. The van der Waals surface area contributed by atoms with Crippen LogP contribution in [0.5, 0.6) is 0 Å². The quantitative estimate of drug-likeness (QED) is 0.660. The first-order valence-electron chi connectivity index (χ1n) is 6.33. The van der Waals surface area contributed by atoms with Gasteiger partial charge in [0.1, 0.15) is 0 Å². The lowest BCUT2D eigenvalue weighted by atomic mass is 10.0. The fraction of sp³-hybridized carbons (Fsp3) is 0.538. The number of benzene rings is 1. The van der Waals surface area contributed by atoms with Gasteiger partial charge in [0.2, 0.25) is 0 Å². The first kappa shape index (κ1) is 15.8. The second-order valence-electron chi connectivity index (χ2n) is 4.66. The Morgan fingerprint density at radius 3 is 2.63 bits per heavy atom. The maximum atomic E-state index is 11.6. The van der Waals surface area contributed by atoms with Crippen LogP contribution in [0, 0.1) is 5.92 Å². The fourth-order valence-corrected chi connectivity index (χ4v) is 2.74. The molecule has 6 heteroatoms. The molecule has 5 nitrogen and oxygen atoms in total. The Labute approximate surface area is 114 Å². The molecule has 0 radical (unpaired) electrons. The minimum Gasteiger partial charge on any atom is -0.396 e. The second-order valence-corrected chi connectivity index (χ2v) is 6.64. The lowest BCUT2D eigenvalue weighted by Crippen LogP contribution is -2.16. The van der Waals surface area contributed by atoms with Crippen molar-refractivity contribution in [1.29, 1.82) is 0 Å². The molecule has 1 aromatic rings. The van der Waals surface area contributed by atoms with E-state index in [0.29, 0.717) is 18.2 Å². The number of aliphatic hydroxyl groups excluding tert-OH is 1. The predicted molar refractivity (Wildman–Crippen MR) is 77.9 cm³/mol. The molecule has 1 atom stereocenters. The Hall–Kier alpha value is -1.27. The molecule has 0 amide bonds. The molecule has 0 spiro atoms. The number of nitrogens with one attached hydrogen (secondary N) is 1. The summed E-state index contributed by atoms with van der Waals surface area (Å²) in [6.45, 7) is 2.87. The van der Waals surface area contributed by atoms with Crippen molar-refractivity contribution in [2.45, 2.75) is 24.7 Å². The van der Waals surface area contributed by atoms with Crippen LogP contribution in [0.25, 0.3) is 0 Å². The fourth-order valence-electron chi connectivity index (χ4n) is 1.91. The number of sulfone groups is 1. The third kappa shape index (κ3) is 4.40. The maximum absolute atomic E-state index is 11.6. The van der Waals surface area contributed by atoms with Crippen molar-refractivity contribution in [1.82, 2.24) is 0 Å². The summed E-state index contributed by atoms with van der Waals surface area (Å²) in [6, 6.07) is 4.93. The molecule has 1 unspecified atom stereocenters. The minimum absolute atomic E-state index is 0.146. The highest BCUT2D eigenvalue weighted by molar-refractivity contribution is 7.90. The second kappa shape index (κ2) is 6.77. The van der Waals surface area contributed by atoms with Crippen LogP contribution in [0.15, 0.2) is 23.1 Å². The molecule has 0 saturated heterocycles. The maximum Gasteiger partial charge on any atom is 0.177 e. The molecular formula is C13H22N2O3S. The minimum atomic E-state index is -3.32. The molecule has 1 rings (SSSR count). The summed E-state index contributed by atoms with van der Waals surface area (Å²) in [6.07, 6.45) is 2.80. The van der Waals surface area contributed by atoms with Gasteiger partial charge in [-0.05, 0) is 24.5 Å². The van der Waals surface area contributed by atoms with Crippen LogP contribution in [0.2, 0.25) is 0 Å². The highest BCUT2D eigenvalue weighted by atomic mass is 32.2. The van der Waals surface area contributed by atoms with Crippen molar-refractivity contribution in [3.05, 3.63) is 18.2 Å². The Bertz CT molecular complexity index is 515. The van der Waals surface area contributed by atoms with Gasteiger partial charge in [0.25, 0.3) is 0 Å². The van der Waals surface area contributed by atoms with E-state index < -0.39 is 9.84 Å². The third-order valence-electron chi connectivity index (χ3n) is 3.16. The zero-order chi connectivity index (χ0) is 14.5. The lowest BCUT2D eigenvalue weighted by molar-refractivity contribution is 0.258. The van der Waals surface area contributed by atoms with Crippen molar-refractivity contribution in [3.63, 3.8) is 0 Å². The molecule has 0 aliphatic carbocycles. The average molecular weight is 286 g/mol. The number of anilines is 2. The molecule has 0 aliphatic rings. The number of nitrogen functional groups attached to an aromatic ring is 1. The van der Waals surface area contributed by atoms with Crippen LogP contribution in [-0.4, -0.2) is 32.9 Å². The third-order valence-corrected chi connectivity index (χ3v) is 4.32. The average Bonchev–Trinajstić information content (AvgIpc) is 2.34. The van der Waals surface area contributed by atoms with E-state index in [1.165, 1.54) is 6.07 Å². The standard InChI is InChI=1S/C13H22N2O3S/c1-3-10(7-8-16)9-15-11-5-4-6-12(13(11)14)19(2,17)18/h4-6,10,15-16H,3,7-9,14H2,1-2H3. The summed E-state index contributed by atoms with van der Waals surface area (Å²) in [5.41, 5.74) is 6.76. The SMILES string of the molecule is CCC(CCO)CNc1cccc(S(C)(=O)=O)c1N. The van der Waals surface area contributed by atoms with E-state index in [1.807, 2.05) is 0 Å². The van der Waals surface area contributed by atoms with Gasteiger partial charge in [-0.2, -0.15) is 0 Å². The molecule has 0 aliphatic heterocycles. The van der Waals surface area contributed by atoms with Crippen molar-refractivity contribution < 1.29 is 13.5 Å². The topological polar surface area (TPSA) is 92.4 Å². The van der Waals surface area contributed by atoms with Crippen LogP contribution in [0.3, 0.4) is 0 Å². The number of hydrogen-bond acceptors (Lipinski definition) is 5. The Kier molecular flexibility index (Phi) is 5.62. The van der Waals surface area contributed by atoms with E-state index in [1.54, 1.807) is 12.1 Å². The molecule has 1 aromatic carbocycles. The number of hydrogen-bond donors (Lipinski definition) is 3. The van der Waals surface area contributed by atoms with Crippen LogP contribution in [0.4, 0.5) is 11.4 Å². The van der Waals surface area contributed by atoms with E-state index in [9.17, 15) is 8.42 Å². The summed E-state index contributed by atoms with van der Waals surface area (Å²) in [5, 5.41) is 12.1. The molecule has 0 bridgehead atoms. The van der Waals surface area contributed by atoms with Gasteiger partial charge in [0, 0.05) is 19.4 Å². The summed E-state index contributed by atoms with van der Waals surface area (Å²) in [4.78, 5) is 0.146. The molecule has 0 aromatic heterocycles. The monoisotopic (exact) mass is 286 g/mol. The van der Waals surface area contributed by atoms with Gasteiger partial charge in [-0.3, -0.25) is 0 Å². The highest BCUT2D eigenvalue weighted by Gasteiger charge is 2.14. The Balaban J connectivity index is 2.85. The van der Waals surface area contributed by atoms with E-state index in [-0.39, 0.29) is 17.2 Å². The summed E-state index contributed by atoms with van der Waals surface area (Å²) in [7, 11) is -3.32. The van der Waals surface area contributed by atoms with Gasteiger partial charge >= 0.3 is 0 Å². The summed E-state index contributed by atoms with van der Waals surface area (Å²) in [5.74, 6) is 0.339. The number of aliphatic hydroxyl groups is 1. The molecule has 0 fully saturated rings. The number of nitrogens with two attached hydrogens (primary N) is 1. The molecule has 0 saturated carbocycles. The molecule has 108 valence electrons. The number of para-hydroxylation sites is 1. The summed E-state index contributed by atoms with van der Waals surface area (Å²) >= 11 is 0. The molecular weight excluding hydrogens is 264 g/mol. The highest BCUT2D eigenvalue weighted by Crippen LogP contribution is 2.27. The Morgan fingerprint density at radius 1 is 1.42 bits per heavy atom. The van der Waals surface area contributed by atoms with Crippen molar-refractivity contribution >= 4 is 21.2 Å². The number of rotatable bonds is 7. The van der Waals surface area contributed by atoms with Crippen LogP contribution in [-0.2, 0) is 9.84 Å². The van der Waals surface area contributed by atoms with Gasteiger partial charge in [0.15, 0.2) is 9.84 Å². The van der Waals surface area contributed by atoms with Gasteiger partial charge in [-0.25, -0.2) is 8.42 Å². The van der Waals surface area contributed by atoms with E-state index >= 15 is 0 Å². The van der Waals surface area contributed by atoms with Gasteiger partial charge < -0.3 is 16.2 Å². The van der Waals surface area contributed by atoms with Crippen molar-refractivity contribution in [2.24, 2.45) is 5.92 Å². The van der Waals surface area contributed by atoms with Crippen molar-refractivity contribution in [3.8, 4) is 0 Å². The normalized spacial score (nSPS) is 13.2. The largest absolute Gasteiger partial charge is 0.396 e. The Morgan fingerprint density at radius 2 is 2.11 bits per heavy atom. The molecule has 0 heterocycles. The van der Waals surface area contributed by atoms with Crippen LogP contribution in [0.1, 0.15) is 19.8 Å². The van der Waals surface area contributed by atoms with Gasteiger partial charge in [0.05, 0.1) is 16.3 Å². The molecule has 19 heavy (non-hydrogen) atoms. The van der Waals surface area contributed by atoms with Gasteiger partial charge in [-0.1, -0.05) is 19.4 Å². The van der Waals surface area contributed by atoms with Crippen LogP contribution < -0.4 is 11.1 Å². The zero-order valence-electron chi connectivity index (χ0n) is 11.4. The van der Waals surface area contributed by atoms with E-state index in [4.69, 9.17) is 10.8 Å².